The van der Waals surface area contributed by atoms with E-state index in [0.29, 0.717) is 0 Å². The maximum Gasteiger partial charge on any atom is 0.128 e. The molecule has 1 heteroatoms. The first-order valence-electron chi connectivity index (χ1n) is 6.73. The molecule has 0 aromatic heterocycles. The van der Waals surface area contributed by atoms with Crippen molar-refractivity contribution in [2.24, 2.45) is 0 Å². The smallest absolute Gasteiger partial charge is 0.128 e. The summed E-state index contributed by atoms with van der Waals surface area (Å²) in [6, 6.07) is 18.8. The Morgan fingerprint density at radius 1 is 0.947 bits per heavy atom. The van der Waals surface area contributed by atoms with Gasteiger partial charge in [-0.25, -0.2) is 0 Å². The molecule has 2 aromatic carbocycles. The number of fused-ring (bicyclic) bond motifs is 1. The predicted octanol–water partition coefficient (Wildman–Crippen LogP) is 5.00. The van der Waals surface area contributed by atoms with Crippen molar-refractivity contribution in [2.45, 2.75) is 26.4 Å². The predicted molar refractivity (Wildman–Crippen MR) is 79.1 cm³/mol. The lowest BCUT2D eigenvalue weighted by Gasteiger charge is -2.29. The highest BCUT2D eigenvalue weighted by molar-refractivity contribution is 5.74. The van der Waals surface area contributed by atoms with Crippen LogP contribution in [0.5, 0.6) is 5.75 Å². The quantitative estimate of drug-likeness (QED) is 0.691. The van der Waals surface area contributed by atoms with E-state index >= 15 is 0 Å². The van der Waals surface area contributed by atoms with Crippen LogP contribution in [0.4, 0.5) is 0 Å². The summed E-state index contributed by atoms with van der Waals surface area (Å²) in [6.07, 6.45) is 1.07. The van der Waals surface area contributed by atoms with E-state index in [1.807, 2.05) is 12.1 Å². The van der Waals surface area contributed by atoms with Gasteiger partial charge in [0.15, 0.2) is 0 Å². The Kier molecular flexibility index (Phi) is 3.12. The largest absolute Gasteiger partial charge is 0.485 e. The molecule has 2 aromatic rings. The van der Waals surface area contributed by atoms with Gasteiger partial charge in [-0.3, -0.25) is 0 Å². The van der Waals surface area contributed by atoms with Gasteiger partial charge in [-0.15, -0.1) is 0 Å². The van der Waals surface area contributed by atoms with Gasteiger partial charge in [-0.2, -0.15) is 0 Å². The first-order chi connectivity index (χ1) is 9.25. The standard InChI is InChI=1S/C18H18O/c1-13(2)16-12-18(14-8-4-3-5-9-14)19-17-11-7-6-10-15(16)17/h3-11,18H,12H2,1-2H3. The van der Waals surface area contributed by atoms with Crippen LogP contribution in [0.25, 0.3) is 5.57 Å². The Hall–Kier alpha value is -2.02. The Balaban J connectivity index is 2.05. The molecule has 1 aliphatic rings. The normalized spacial score (nSPS) is 17.6. The van der Waals surface area contributed by atoms with Crippen molar-refractivity contribution in [3.05, 3.63) is 71.3 Å². The zero-order valence-corrected chi connectivity index (χ0v) is 11.4. The van der Waals surface area contributed by atoms with Gasteiger partial charge in [0.1, 0.15) is 11.9 Å². The van der Waals surface area contributed by atoms with Gasteiger partial charge in [-0.1, -0.05) is 54.1 Å². The van der Waals surface area contributed by atoms with Gasteiger partial charge in [0, 0.05) is 12.0 Å². The second-order valence-electron chi connectivity index (χ2n) is 5.20. The molecule has 0 radical (unpaired) electrons. The van der Waals surface area contributed by atoms with Gasteiger partial charge in [-0.05, 0) is 31.1 Å². The molecule has 1 aliphatic heterocycles. The molecule has 0 saturated carbocycles. The zero-order chi connectivity index (χ0) is 13.2. The molecule has 1 heterocycles. The molecule has 0 fully saturated rings. The number of hydrogen-bond acceptors (Lipinski definition) is 1. The fourth-order valence-corrected chi connectivity index (χ4v) is 2.64. The monoisotopic (exact) mass is 250 g/mol. The summed E-state index contributed by atoms with van der Waals surface area (Å²) in [7, 11) is 0. The van der Waals surface area contributed by atoms with E-state index < -0.39 is 0 Å². The van der Waals surface area contributed by atoms with E-state index in [0.717, 1.165) is 12.2 Å². The lowest BCUT2D eigenvalue weighted by Crippen LogP contribution is -2.15. The molecule has 0 bridgehead atoms. The molecular weight excluding hydrogens is 232 g/mol. The molecule has 0 aliphatic carbocycles. The Morgan fingerprint density at radius 2 is 1.63 bits per heavy atom. The summed E-state index contributed by atoms with van der Waals surface area (Å²) in [5, 5.41) is 0. The van der Waals surface area contributed by atoms with Crippen molar-refractivity contribution < 1.29 is 4.74 Å². The Labute approximate surface area is 114 Å². The van der Waals surface area contributed by atoms with E-state index in [1.54, 1.807) is 0 Å². The molecule has 0 spiro atoms. The lowest BCUT2D eigenvalue weighted by molar-refractivity contribution is 0.202. The van der Waals surface area contributed by atoms with E-state index in [2.05, 4.69) is 56.3 Å². The van der Waals surface area contributed by atoms with E-state index in [9.17, 15) is 0 Å². The van der Waals surface area contributed by atoms with Crippen LogP contribution < -0.4 is 4.74 Å². The second kappa shape index (κ2) is 4.93. The summed E-state index contributed by atoms with van der Waals surface area (Å²) >= 11 is 0. The van der Waals surface area contributed by atoms with E-state index in [4.69, 9.17) is 4.74 Å². The maximum atomic E-state index is 6.16. The lowest BCUT2D eigenvalue weighted by atomic mass is 9.90. The molecule has 0 N–H and O–H groups in total. The summed E-state index contributed by atoms with van der Waals surface area (Å²) in [4.78, 5) is 0. The number of hydrogen-bond donors (Lipinski definition) is 0. The summed E-state index contributed by atoms with van der Waals surface area (Å²) in [5.74, 6) is 0.999. The van der Waals surface area contributed by atoms with Crippen LogP contribution in [-0.4, -0.2) is 0 Å². The molecule has 3 rings (SSSR count). The van der Waals surface area contributed by atoms with Crippen molar-refractivity contribution in [2.75, 3.05) is 0 Å². The molecule has 1 atom stereocenters. The molecule has 19 heavy (non-hydrogen) atoms. The van der Waals surface area contributed by atoms with Crippen LogP contribution in [0.2, 0.25) is 0 Å². The average molecular weight is 250 g/mol. The Bertz CT molecular complexity index is 607. The van der Waals surface area contributed by atoms with Crippen molar-refractivity contribution in [1.29, 1.82) is 0 Å². The van der Waals surface area contributed by atoms with Gasteiger partial charge in [0.05, 0.1) is 0 Å². The Morgan fingerprint density at radius 3 is 2.37 bits per heavy atom. The molecular formula is C18H18O. The maximum absolute atomic E-state index is 6.16. The van der Waals surface area contributed by atoms with Gasteiger partial charge in [0.2, 0.25) is 0 Å². The summed E-state index contributed by atoms with van der Waals surface area (Å²) in [6.45, 7) is 4.36. The van der Waals surface area contributed by atoms with Crippen molar-refractivity contribution in [3.63, 3.8) is 0 Å². The summed E-state index contributed by atoms with van der Waals surface area (Å²) in [5.41, 5.74) is 5.28. The molecule has 0 amide bonds. The molecule has 1 unspecified atom stereocenters. The van der Waals surface area contributed by atoms with Crippen LogP contribution in [-0.2, 0) is 0 Å². The van der Waals surface area contributed by atoms with Crippen molar-refractivity contribution in [1.82, 2.24) is 0 Å². The van der Waals surface area contributed by atoms with Crippen LogP contribution in [0.3, 0.4) is 0 Å². The van der Waals surface area contributed by atoms with Gasteiger partial charge < -0.3 is 4.74 Å². The highest BCUT2D eigenvalue weighted by atomic mass is 16.5. The number of para-hydroxylation sites is 1. The summed E-state index contributed by atoms with van der Waals surface area (Å²) < 4.78 is 6.16. The van der Waals surface area contributed by atoms with Crippen LogP contribution in [0.15, 0.2) is 60.2 Å². The minimum atomic E-state index is 0.126. The minimum absolute atomic E-state index is 0.126. The third-order valence-electron chi connectivity index (χ3n) is 3.65. The first kappa shape index (κ1) is 12.0. The van der Waals surface area contributed by atoms with Crippen LogP contribution >= 0.6 is 0 Å². The fourth-order valence-electron chi connectivity index (χ4n) is 2.64. The third-order valence-corrected chi connectivity index (χ3v) is 3.65. The van der Waals surface area contributed by atoms with E-state index in [-0.39, 0.29) is 6.10 Å². The molecule has 1 nitrogen and oxygen atoms in total. The second-order valence-corrected chi connectivity index (χ2v) is 5.20. The van der Waals surface area contributed by atoms with Gasteiger partial charge in [0.25, 0.3) is 0 Å². The minimum Gasteiger partial charge on any atom is -0.485 e. The average Bonchev–Trinajstić information content (AvgIpc) is 2.47. The number of benzene rings is 2. The number of ether oxygens (including phenoxy) is 1. The SMILES string of the molecule is CC(C)=C1CC(c2ccccc2)Oc2ccccc21. The van der Waals surface area contributed by atoms with Crippen LogP contribution in [0, 0.1) is 0 Å². The van der Waals surface area contributed by atoms with Crippen molar-refractivity contribution in [3.8, 4) is 5.75 Å². The highest BCUT2D eigenvalue weighted by Gasteiger charge is 2.24. The fraction of sp³-hybridized carbons (Fsp3) is 0.222. The van der Waals surface area contributed by atoms with Crippen LogP contribution in [0.1, 0.15) is 37.5 Å². The first-order valence-corrected chi connectivity index (χ1v) is 6.73. The van der Waals surface area contributed by atoms with E-state index in [1.165, 1.54) is 22.3 Å². The topological polar surface area (TPSA) is 9.23 Å². The zero-order valence-electron chi connectivity index (χ0n) is 11.4. The third kappa shape index (κ3) is 2.28. The number of allylic oxidation sites excluding steroid dienone is 1. The van der Waals surface area contributed by atoms with Crippen molar-refractivity contribution >= 4 is 5.57 Å². The van der Waals surface area contributed by atoms with Gasteiger partial charge >= 0.3 is 0 Å². The molecule has 96 valence electrons. The molecule has 0 saturated heterocycles. The highest BCUT2D eigenvalue weighted by Crippen LogP contribution is 2.42. The number of rotatable bonds is 1.